The molecule has 3 heteroatoms. The molecule has 0 aliphatic carbocycles. The monoisotopic (exact) mass is 197 g/mol. The summed E-state index contributed by atoms with van der Waals surface area (Å²) in [4.78, 5) is 0. The molecule has 0 saturated carbocycles. The van der Waals surface area contributed by atoms with Gasteiger partial charge in [-0.05, 0) is 44.6 Å². The van der Waals surface area contributed by atoms with E-state index in [4.69, 9.17) is 4.74 Å². The largest absolute Gasteiger partial charge is 0.496 e. The van der Waals surface area contributed by atoms with Crippen LogP contribution in [0.15, 0.2) is 12.1 Å². The van der Waals surface area contributed by atoms with Gasteiger partial charge in [0.1, 0.15) is 11.6 Å². The average molecular weight is 197 g/mol. The van der Waals surface area contributed by atoms with Gasteiger partial charge in [-0.3, -0.25) is 0 Å². The van der Waals surface area contributed by atoms with Gasteiger partial charge in [0.2, 0.25) is 0 Å². The lowest BCUT2D eigenvalue weighted by Crippen LogP contribution is -2.10. The van der Waals surface area contributed by atoms with Crippen LogP contribution in [0.1, 0.15) is 11.1 Å². The van der Waals surface area contributed by atoms with Crippen LogP contribution in [0.4, 0.5) is 4.39 Å². The van der Waals surface area contributed by atoms with Crippen molar-refractivity contribution in [3.63, 3.8) is 0 Å². The highest BCUT2D eigenvalue weighted by atomic mass is 19.1. The van der Waals surface area contributed by atoms with Gasteiger partial charge in [0.25, 0.3) is 0 Å². The van der Waals surface area contributed by atoms with Crippen LogP contribution in [0.25, 0.3) is 0 Å². The van der Waals surface area contributed by atoms with Crippen LogP contribution < -0.4 is 10.1 Å². The highest BCUT2D eigenvalue weighted by molar-refractivity contribution is 5.37. The van der Waals surface area contributed by atoms with Gasteiger partial charge in [0.05, 0.1) is 7.11 Å². The van der Waals surface area contributed by atoms with Crippen LogP contribution in [-0.4, -0.2) is 20.7 Å². The highest BCUT2D eigenvalue weighted by Crippen LogP contribution is 2.22. The molecule has 0 heterocycles. The Hall–Kier alpha value is -1.09. The molecule has 2 nitrogen and oxygen atoms in total. The Morgan fingerprint density at radius 3 is 2.71 bits per heavy atom. The third-order valence-electron chi connectivity index (χ3n) is 2.24. The van der Waals surface area contributed by atoms with Crippen molar-refractivity contribution in [2.75, 3.05) is 20.7 Å². The molecule has 78 valence electrons. The fraction of sp³-hybridized carbons (Fsp3) is 0.455. The minimum Gasteiger partial charge on any atom is -0.496 e. The minimum atomic E-state index is -0.199. The van der Waals surface area contributed by atoms with E-state index in [0.717, 1.165) is 18.5 Å². The number of rotatable bonds is 4. The summed E-state index contributed by atoms with van der Waals surface area (Å²) in [5.74, 6) is 0.423. The molecule has 0 radical (unpaired) electrons. The molecule has 1 aromatic carbocycles. The smallest absolute Gasteiger partial charge is 0.130 e. The van der Waals surface area contributed by atoms with Gasteiger partial charge in [0.15, 0.2) is 0 Å². The van der Waals surface area contributed by atoms with Gasteiger partial charge in [-0.2, -0.15) is 0 Å². The SMILES string of the molecule is CNCCc1cc(F)c(C)c(OC)c1. The van der Waals surface area contributed by atoms with E-state index in [0.29, 0.717) is 11.3 Å². The molecule has 0 atom stereocenters. The summed E-state index contributed by atoms with van der Waals surface area (Å²) in [5.41, 5.74) is 1.53. The first-order valence-electron chi connectivity index (χ1n) is 4.66. The van der Waals surface area contributed by atoms with Gasteiger partial charge in [-0.15, -0.1) is 0 Å². The molecule has 0 amide bonds. The third kappa shape index (κ3) is 2.45. The zero-order valence-corrected chi connectivity index (χ0v) is 8.86. The Labute approximate surface area is 84.1 Å². The number of hydrogen-bond acceptors (Lipinski definition) is 2. The maximum atomic E-state index is 13.4. The van der Waals surface area contributed by atoms with Gasteiger partial charge in [-0.25, -0.2) is 4.39 Å². The number of halogens is 1. The fourth-order valence-electron chi connectivity index (χ4n) is 1.33. The highest BCUT2D eigenvalue weighted by Gasteiger charge is 2.06. The van der Waals surface area contributed by atoms with E-state index in [-0.39, 0.29) is 5.82 Å². The summed E-state index contributed by atoms with van der Waals surface area (Å²) in [6.07, 6.45) is 0.810. The maximum Gasteiger partial charge on any atom is 0.130 e. The summed E-state index contributed by atoms with van der Waals surface area (Å²) in [6.45, 7) is 2.56. The minimum absolute atomic E-state index is 0.199. The number of methoxy groups -OCH3 is 1. The van der Waals surface area contributed by atoms with Crippen LogP contribution in [0, 0.1) is 12.7 Å². The van der Waals surface area contributed by atoms with Gasteiger partial charge >= 0.3 is 0 Å². The molecule has 0 aromatic heterocycles. The molecular formula is C11H16FNO. The lowest BCUT2D eigenvalue weighted by atomic mass is 10.1. The van der Waals surface area contributed by atoms with Gasteiger partial charge in [-0.1, -0.05) is 0 Å². The lowest BCUT2D eigenvalue weighted by molar-refractivity contribution is 0.406. The van der Waals surface area contributed by atoms with Crippen LogP contribution in [0.2, 0.25) is 0 Å². The Kier molecular flexibility index (Phi) is 3.89. The number of nitrogens with one attached hydrogen (secondary N) is 1. The zero-order chi connectivity index (χ0) is 10.6. The second-order valence-electron chi connectivity index (χ2n) is 3.26. The van der Waals surface area contributed by atoms with Crippen molar-refractivity contribution >= 4 is 0 Å². The van der Waals surface area contributed by atoms with Crippen LogP contribution in [0.3, 0.4) is 0 Å². The molecule has 0 fully saturated rings. The maximum absolute atomic E-state index is 13.4. The standard InChI is InChI=1S/C11H16FNO/c1-8-10(12)6-9(4-5-13-2)7-11(8)14-3/h6-7,13H,4-5H2,1-3H3. The molecule has 1 aromatic rings. The Bertz CT molecular complexity index is 312. The van der Waals surface area contributed by atoms with E-state index in [1.165, 1.54) is 0 Å². The molecule has 1 N–H and O–H groups in total. The van der Waals surface area contributed by atoms with E-state index >= 15 is 0 Å². The predicted octanol–water partition coefficient (Wildman–Crippen LogP) is 1.90. The summed E-state index contributed by atoms with van der Waals surface area (Å²) in [6, 6.07) is 3.45. The molecular weight excluding hydrogens is 181 g/mol. The molecule has 14 heavy (non-hydrogen) atoms. The predicted molar refractivity (Wildman–Crippen MR) is 55.3 cm³/mol. The van der Waals surface area contributed by atoms with Gasteiger partial charge < -0.3 is 10.1 Å². The fourth-order valence-corrected chi connectivity index (χ4v) is 1.33. The molecule has 0 bridgehead atoms. The Morgan fingerprint density at radius 1 is 1.43 bits per heavy atom. The van der Waals surface area contributed by atoms with Crippen molar-refractivity contribution in [3.8, 4) is 5.75 Å². The average Bonchev–Trinajstić information content (AvgIpc) is 2.19. The van der Waals surface area contributed by atoms with E-state index < -0.39 is 0 Å². The summed E-state index contributed by atoms with van der Waals surface area (Å²) in [5, 5.41) is 3.02. The summed E-state index contributed by atoms with van der Waals surface area (Å²) in [7, 11) is 3.44. The van der Waals surface area contributed by atoms with E-state index in [9.17, 15) is 4.39 Å². The first-order valence-corrected chi connectivity index (χ1v) is 4.66. The van der Waals surface area contributed by atoms with Gasteiger partial charge in [0, 0.05) is 5.56 Å². The number of hydrogen-bond donors (Lipinski definition) is 1. The van der Waals surface area contributed by atoms with Crippen LogP contribution >= 0.6 is 0 Å². The summed E-state index contributed by atoms with van der Waals surface area (Å²) >= 11 is 0. The topological polar surface area (TPSA) is 21.3 Å². The van der Waals surface area contributed by atoms with Crippen molar-refractivity contribution in [2.24, 2.45) is 0 Å². The molecule has 0 unspecified atom stereocenters. The van der Waals surface area contributed by atoms with Crippen molar-refractivity contribution in [1.82, 2.24) is 5.32 Å². The first kappa shape index (κ1) is 11.0. The lowest BCUT2D eigenvalue weighted by Gasteiger charge is -2.08. The molecule has 0 saturated heterocycles. The molecule has 0 spiro atoms. The second-order valence-corrected chi connectivity index (χ2v) is 3.26. The second kappa shape index (κ2) is 4.96. The van der Waals surface area contributed by atoms with Crippen molar-refractivity contribution in [2.45, 2.75) is 13.3 Å². The van der Waals surface area contributed by atoms with E-state index in [2.05, 4.69) is 5.32 Å². The van der Waals surface area contributed by atoms with Crippen molar-refractivity contribution in [3.05, 3.63) is 29.1 Å². The number of likely N-dealkylation sites (N-methyl/N-ethyl adjacent to an activating group) is 1. The van der Waals surface area contributed by atoms with Crippen LogP contribution in [0.5, 0.6) is 5.75 Å². The summed E-state index contributed by atoms with van der Waals surface area (Å²) < 4.78 is 18.4. The van der Waals surface area contributed by atoms with E-state index in [1.807, 2.05) is 13.1 Å². The van der Waals surface area contributed by atoms with Crippen LogP contribution in [-0.2, 0) is 6.42 Å². The number of ether oxygens (including phenoxy) is 1. The Balaban J connectivity index is 2.91. The normalized spacial score (nSPS) is 10.3. The quantitative estimate of drug-likeness (QED) is 0.796. The molecule has 1 rings (SSSR count). The van der Waals surface area contributed by atoms with Crippen molar-refractivity contribution in [1.29, 1.82) is 0 Å². The van der Waals surface area contributed by atoms with E-state index in [1.54, 1.807) is 20.1 Å². The molecule has 0 aliphatic heterocycles. The Morgan fingerprint density at radius 2 is 2.14 bits per heavy atom. The zero-order valence-electron chi connectivity index (χ0n) is 8.86. The third-order valence-corrected chi connectivity index (χ3v) is 2.24. The van der Waals surface area contributed by atoms with Crippen molar-refractivity contribution < 1.29 is 9.13 Å². The number of benzene rings is 1. The first-order chi connectivity index (χ1) is 6.69. The molecule has 0 aliphatic rings.